The molecule has 0 bridgehead atoms. The van der Waals surface area contributed by atoms with Gasteiger partial charge in [0.1, 0.15) is 12.1 Å². The predicted octanol–water partition coefficient (Wildman–Crippen LogP) is 0.898. The van der Waals surface area contributed by atoms with Crippen LogP contribution in [0.3, 0.4) is 0 Å². The van der Waals surface area contributed by atoms with Crippen LogP contribution in [0.2, 0.25) is 0 Å². The standard InChI is InChI=1S/C9H6N2O4/c12-8-5-10-9(15-8)6-3-1-2-4-7(6)11(13)14/h1-4H,5H2. The molecule has 6 nitrogen and oxygen atoms in total. The molecule has 1 aliphatic rings. The number of nitro groups is 1. The van der Waals surface area contributed by atoms with Crippen LogP contribution in [-0.2, 0) is 9.53 Å². The summed E-state index contributed by atoms with van der Waals surface area (Å²) in [6.45, 7) is -0.0820. The fourth-order valence-electron chi connectivity index (χ4n) is 1.26. The van der Waals surface area contributed by atoms with E-state index in [2.05, 4.69) is 4.99 Å². The lowest BCUT2D eigenvalue weighted by molar-refractivity contribution is -0.385. The van der Waals surface area contributed by atoms with Gasteiger partial charge in [-0.15, -0.1) is 0 Å². The van der Waals surface area contributed by atoms with Crippen molar-refractivity contribution in [2.45, 2.75) is 0 Å². The average molecular weight is 206 g/mol. The third-order valence-electron chi connectivity index (χ3n) is 1.89. The lowest BCUT2D eigenvalue weighted by Gasteiger charge is -2.00. The summed E-state index contributed by atoms with van der Waals surface area (Å²) in [5, 5.41) is 10.7. The average Bonchev–Trinajstić information content (AvgIpc) is 2.65. The summed E-state index contributed by atoms with van der Waals surface area (Å²) in [4.78, 5) is 24.7. The third-order valence-corrected chi connectivity index (χ3v) is 1.89. The second kappa shape index (κ2) is 3.49. The van der Waals surface area contributed by atoms with Gasteiger partial charge in [-0.25, -0.2) is 9.79 Å². The van der Waals surface area contributed by atoms with Crippen molar-refractivity contribution in [2.75, 3.05) is 6.54 Å². The van der Waals surface area contributed by atoms with Gasteiger partial charge in [0, 0.05) is 6.07 Å². The van der Waals surface area contributed by atoms with E-state index in [1.165, 1.54) is 12.1 Å². The first-order valence-electron chi connectivity index (χ1n) is 4.17. The quantitative estimate of drug-likeness (QED) is 0.409. The van der Waals surface area contributed by atoms with Crippen molar-refractivity contribution in [2.24, 2.45) is 4.99 Å². The van der Waals surface area contributed by atoms with Gasteiger partial charge in [-0.05, 0) is 6.07 Å². The Morgan fingerprint density at radius 1 is 1.40 bits per heavy atom. The fraction of sp³-hybridized carbons (Fsp3) is 0.111. The molecular formula is C9H6N2O4. The molecule has 0 saturated carbocycles. The van der Waals surface area contributed by atoms with Gasteiger partial charge in [-0.2, -0.15) is 0 Å². The minimum absolute atomic E-state index is 0.0206. The zero-order valence-corrected chi connectivity index (χ0v) is 7.54. The summed E-state index contributed by atoms with van der Waals surface area (Å²) in [6.07, 6.45) is 0. The first kappa shape index (κ1) is 9.32. The SMILES string of the molecule is O=C1CN=C(c2ccccc2[N+](=O)[O-])O1. The molecule has 0 aliphatic carbocycles. The van der Waals surface area contributed by atoms with E-state index in [9.17, 15) is 14.9 Å². The van der Waals surface area contributed by atoms with Gasteiger partial charge in [0.15, 0.2) is 0 Å². The number of para-hydroxylation sites is 1. The third kappa shape index (κ3) is 1.69. The Hall–Kier alpha value is -2.24. The van der Waals surface area contributed by atoms with Gasteiger partial charge >= 0.3 is 5.97 Å². The van der Waals surface area contributed by atoms with Gasteiger partial charge in [0.25, 0.3) is 5.69 Å². The molecule has 0 spiro atoms. The van der Waals surface area contributed by atoms with Crippen LogP contribution < -0.4 is 0 Å². The van der Waals surface area contributed by atoms with E-state index in [0.29, 0.717) is 0 Å². The number of nitrogens with zero attached hydrogens (tertiary/aromatic N) is 2. The molecule has 0 saturated heterocycles. The van der Waals surface area contributed by atoms with Crippen LogP contribution in [0.4, 0.5) is 5.69 Å². The monoisotopic (exact) mass is 206 g/mol. The van der Waals surface area contributed by atoms with E-state index >= 15 is 0 Å². The van der Waals surface area contributed by atoms with Crippen molar-refractivity contribution in [1.29, 1.82) is 0 Å². The van der Waals surface area contributed by atoms with Crippen LogP contribution in [0.1, 0.15) is 5.56 Å². The van der Waals surface area contributed by atoms with Crippen molar-refractivity contribution in [3.63, 3.8) is 0 Å². The number of hydrogen-bond acceptors (Lipinski definition) is 5. The molecule has 1 heterocycles. The highest BCUT2D eigenvalue weighted by molar-refractivity contribution is 6.07. The number of carbonyl (C=O) groups is 1. The summed E-state index contributed by atoms with van der Waals surface area (Å²) >= 11 is 0. The van der Waals surface area contributed by atoms with Crippen molar-refractivity contribution in [3.8, 4) is 0 Å². The van der Waals surface area contributed by atoms with Crippen LogP contribution in [-0.4, -0.2) is 23.3 Å². The highest BCUT2D eigenvalue weighted by Crippen LogP contribution is 2.20. The molecule has 0 N–H and O–H groups in total. The molecular weight excluding hydrogens is 200 g/mol. The van der Waals surface area contributed by atoms with Crippen LogP contribution in [0.5, 0.6) is 0 Å². The topological polar surface area (TPSA) is 81.8 Å². The maximum absolute atomic E-state index is 10.8. The molecule has 1 aromatic carbocycles. The van der Waals surface area contributed by atoms with Gasteiger partial charge in [-0.3, -0.25) is 10.1 Å². The van der Waals surface area contributed by atoms with Gasteiger partial charge in [0.05, 0.1) is 4.92 Å². The summed E-state index contributed by atoms with van der Waals surface area (Å²) < 4.78 is 4.74. The highest BCUT2D eigenvalue weighted by Gasteiger charge is 2.24. The summed E-state index contributed by atoms with van der Waals surface area (Å²) in [5.41, 5.74) is 0.110. The van der Waals surface area contributed by atoms with E-state index in [-0.39, 0.29) is 23.7 Å². The van der Waals surface area contributed by atoms with Crippen molar-refractivity contribution in [3.05, 3.63) is 39.9 Å². The highest BCUT2D eigenvalue weighted by atomic mass is 16.6. The number of nitro benzene ring substituents is 1. The Morgan fingerprint density at radius 2 is 2.13 bits per heavy atom. The maximum atomic E-state index is 10.8. The molecule has 1 aliphatic heterocycles. The molecule has 0 atom stereocenters. The number of aliphatic imine (C=N–C) groups is 1. The Balaban J connectivity index is 2.44. The Morgan fingerprint density at radius 3 is 2.73 bits per heavy atom. The zero-order chi connectivity index (χ0) is 10.8. The molecule has 0 amide bonds. The summed E-state index contributed by atoms with van der Waals surface area (Å²) in [5.74, 6) is -0.476. The van der Waals surface area contributed by atoms with E-state index in [4.69, 9.17) is 4.74 Å². The molecule has 2 rings (SSSR count). The van der Waals surface area contributed by atoms with E-state index < -0.39 is 10.9 Å². The predicted molar refractivity (Wildman–Crippen MR) is 50.6 cm³/mol. The number of esters is 1. The van der Waals surface area contributed by atoms with Crippen LogP contribution >= 0.6 is 0 Å². The molecule has 0 radical (unpaired) electrons. The smallest absolute Gasteiger partial charge is 0.334 e. The zero-order valence-electron chi connectivity index (χ0n) is 7.54. The van der Waals surface area contributed by atoms with Gasteiger partial charge < -0.3 is 4.74 Å². The molecule has 76 valence electrons. The molecule has 0 unspecified atom stereocenters. The second-order valence-corrected chi connectivity index (χ2v) is 2.87. The molecule has 0 fully saturated rings. The minimum atomic E-state index is -0.538. The number of hydrogen-bond donors (Lipinski definition) is 0. The van der Waals surface area contributed by atoms with Crippen molar-refractivity contribution >= 4 is 17.6 Å². The van der Waals surface area contributed by atoms with Crippen molar-refractivity contribution < 1.29 is 14.5 Å². The summed E-state index contributed by atoms with van der Waals surface area (Å²) in [6, 6.07) is 6.00. The molecule has 0 aromatic heterocycles. The van der Waals surface area contributed by atoms with Gasteiger partial charge in [0.2, 0.25) is 5.90 Å². The van der Waals surface area contributed by atoms with Crippen LogP contribution in [0.15, 0.2) is 29.3 Å². The number of rotatable bonds is 2. The Labute approximate surface area is 84.3 Å². The summed E-state index contributed by atoms with van der Waals surface area (Å²) in [7, 11) is 0. The second-order valence-electron chi connectivity index (χ2n) is 2.87. The molecule has 15 heavy (non-hydrogen) atoms. The lowest BCUT2D eigenvalue weighted by Crippen LogP contribution is -2.08. The normalized spacial score (nSPS) is 14.7. The lowest BCUT2D eigenvalue weighted by atomic mass is 10.2. The number of cyclic esters (lactones) is 1. The Bertz CT molecular complexity index is 467. The maximum Gasteiger partial charge on any atom is 0.334 e. The Kier molecular flexibility index (Phi) is 2.17. The van der Waals surface area contributed by atoms with Gasteiger partial charge in [-0.1, -0.05) is 12.1 Å². The first-order valence-corrected chi connectivity index (χ1v) is 4.17. The van der Waals surface area contributed by atoms with Crippen LogP contribution in [0, 0.1) is 10.1 Å². The fourth-order valence-corrected chi connectivity index (χ4v) is 1.26. The largest absolute Gasteiger partial charge is 0.406 e. The van der Waals surface area contributed by atoms with Crippen molar-refractivity contribution in [1.82, 2.24) is 0 Å². The van der Waals surface area contributed by atoms with E-state index in [1.54, 1.807) is 12.1 Å². The van der Waals surface area contributed by atoms with E-state index in [0.717, 1.165) is 0 Å². The van der Waals surface area contributed by atoms with E-state index in [1.807, 2.05) is 0 Å². The number of ether oxygens (including phenoxy) is 1. The number of carbonyl (C=O) groups excluding carboxylic acids is 1. The number of benzene rings is 1. The first-order chi connectivity index (χ1) is 7.18. The minimum Gasteiger partial charge on any atom is -0.406 e. The molecule has 6 heteroatoms. The molecule has 1 aromatic rings. The van der Waals surface area contributed by atoms with Crippen LogP contribution in [0.25, 0.3) is 0 Å².